The molecule has 6 nitrogen and oxygen atoms in total. The molecule has 2 aromatic rings. The summed E-state index contributed by atoms with van der Waals surface area (Å²) in [6.45, 7) is 1.39. The van der Waals surface area contributed by atoms with Crippen molar-refractivity contribution in [3.05, 3.63) is 35.1 Å². The maximum absolute atomic E-state index is 12.1. The Morgan fingerprint density at radius 1 is 1.43 bits per heavy atom. The van der Waals surface area contributed by atoms with Crippen molar-refractivity contribution in [3.63, 3.8) is 0 Å². The van der Waals surface area contributed by atoms with E-state index in [9.17, 15) is 4.79 Å². The third-order valence-corrected chi connectivity index (χ3v) is 4.19. The molecule has 2 heterocycles. The second kappa shape index (κ2) is 6.58. The predicted octanol–water partition coefficient (Wildman–Crippen LogP) is 3.25. The second-order valence-corrected chi connectivity index (χ2v) is 6.37. The highest BCUT2D eigenvalue weighted by atomic mass is 35.5. The van der Waals surface area contributed by atoms with Gasteiger partial charge in [0.25, 0.3) is 5.89 Å². The molecule has 0 radical (unpaired) electrons. The molecule has 1 aromatic carbocycles. The quantitative estimate of drug-likeness (QED) is 0.845. The SMILES string of the molecule is CN(C)C(=O)N1CCCC(c2noc(-c3cccc(Cl)c3)n2)C1. The van der Waals surface area contributed by atoms with E-state index in [4.69, 9.17) is 16.1 Å². The molecular formula is C16H19ClN4O2. The average Bonchev–Trinajstić information content (AvgIpc) is 3.04. The lowest BCUT2D eigenvalue weighted by atomic mass is 9.97. The van der Waals surface area contributed by atoms with Gasteiger partial charge in [-0.3, -0.25) is 0 Å². The zero-order valence-corrected chi connectivity index (χ0v) is 14.0. The minimum Gasteiger partial charge on any atom is -0.334 e. The van der Waals surface area contributed by atoms with Crippen LogP contribution in [0.4, 0.5) is 4.79 Å². The molecule has 1 atom stereocenters. The number of amides is 2. The van der Waals surface area contributed by atoms with E-state index in [1.165, 1.54) is 0 Å². The summed E-state index contributed by atoms with van der Waals surface area (Å²) in [5.74, 6) is 1.21. The summed E-state index contributed by atoms with van der Waals surface area (Å²) >= 11 is 6.00. The highest BCUT2D eigenvalue weighted by Gasteiger charge is 2.28. The Labute approximate surface area is 140 Å². The van der Waals surface area contributed by atoms with Gasteiger partial charge in [-0.2, -0.15) is 4.98 Å². The van der Waals surface area contributed by atoms with E-state index in [-0.39, 0.29) is 11.9 Å². The Hall–Kier alpha value is -2.08. The third kappa shape index (κ3) is 3.47. The smallest absolute Gasteiger partial charge is 0.319 e. The van der Waals surface area contributed by atoms with Gasteiger partial charge in [0, 0.05) is 43.7 Å². The van der Waals surface area contributed by atoms with Crippen LogP contribution in [0, 0.1) is 0 Å². The van der Waals surface area contributed by atoms with E-state index >= 15 is 0 Å². The molecule has 7 heteroatoms. The number of hydrogen-bond acceptors (Lipinski definition) is 4. The normalized spacial score (nSPS) is 18.0. The molecule has 1 saturated heterocycles. The fourth-order valence-electron chi connectivity index (χ4n) is 2.78. The first-order valence-electron chi connectivity index (χ1n) is 7.60. The zero-order chi connectivity index (χ0) is 16.4. The number of aromatic nitrogens is 2. The van der Waals surface area contributed by atoms with Crippen LogP contribution in [0.15, 0.2) is 28.8 Å². The van der Waals surface area contributed by atoms with Crippen LogP contribution >= 0.6 is 11.6 Å². The van der Waals surface area contributed by atoms with Gasteiger partial charge < -0.3 is 14.3 Å². The molecule has 2 amide bonds. The van der Waals surface area contributed by atoms with Crippen LogP contribution in [-0.2, 0) is 0 Å². The standard InChI is InChI=1S/C16H19ClN4O2/c1-20(2)16(22)21-8-4-6-12(10-21)14-18-15(23-19-14)11-5-3-7-13(17)9-11/h3,5,7,9,12H,4,6,8,10H2,1-2H3. The van der Waals surface area contributed by atoms with Crippen molar-refractivity contribution in [2.45, 2.75) is 18.8 Å². The summed E-state index contributed by atoms with van der Waals surface area (Å²) < 4.78 is 5.37. The van der Waals surface area contributed by atoms with Crippen molar-refractivity contribution in [3.8, 4) is 11.5 Å². The molecule has 1 aliphatic rings. The van der Waals surface area contributed by atoms with E-state index in [0.717, 1.165) is 24.9 Å². The zero-order valence-electron chi connectivity index (χ0n) is 13.2. The number of nitrogens with zero attached hydrogens (tertiary/aromatic N) is 4. The summed E-state index contributed by atoms with van der Waals surface area (Å²) in [6.07, 6.45) is 1.89. The van der Waals surface area contributed by atoms with Gasteiger partial charge in [-0.05, 0) is 31.0 Å². The molecule has 0 aliphatic carbocycles. The van der Waals surface area contributed by atoms with E-state index in [1.807, 2.05) is 17.0 Å². The summed E-state index contributed by atoms with van der Waals surface area (Å²) in [5.41, 5.74) is 0.799. The molecule has 1 unspecified atom stereocenters. The number of carbonyl (C=O) groups is 1. The van der Waals surface area contributed by atoms with Gasteiger partial charge in [-0.25, -0.2) is 4.79 Å². The molecular weight excluding hydrogens is 316 g/mol. The topological polar surface area (TPSA) is 62.5 Å². The van der Waals surface area contributed by atoms with Crippen molar-refractivity contribution in [1.29, 1.82) is 0 Å². The first kappa shape index (κ1) is 15.8. The van der Waals surface area contributed by atoms with Gasteiger partial charge in [-0.15, -0.1) is 0 Å². The number of carbonyl (C=O) groups excluding carboxylic acids is 1. The highest BCUT2D eigenvalue weighted by Crippen LogP contribution is 2.28. The number of hydrogen-bond donors (Lipinski definition) is 0. The van der Waals surface area contributed by atoms with Gasteiger partial charge in [0.1, 0.15) is 0 Å². The first-order valence-corrected chi connectivity index (χ1v) is 7.98. The third-order valence-electron chi connectivity index (χ3n) is 3.95. The fraction of sp³-hybridized carbons (Fsp3) is 0.438. The number of halogens is 1. The molecule has 0 spiro atoms. The average molecular weight is 335 g/mol. The molecule has 23 heavy (non-hydrogen) atoms. The van der Waals surface area contributed by atoms with Crippen LogP contribution in [0.25, 0.3) is 11.5 Å². The Kier molecular flexibility index (Phi) is 4.52. The molecule has 0 bridgehead atoms. The van der Waals surface area contributed by atoms with E-state index in [0.29, 0.717) is 23.3 Å². The lowest BCUT2D eigenvalue weighted by Crippen LogP contribution is -2.44. The minimum absolute atomic E-state index is 0.0215. The largest absolute Gasteiger partial charge is 0.334 e. The summed E-state index contributed by atoms with van der Waals surface area (Å²) in [4.78, 5) is 20.0. The number of piperidine rings is 1. The van der Waals surface area contributed by atoms with Crippen LogP contribution in [0.1, 0.15) is 24.6 Å². The Morgan fingerprint density at radius 3 is 3.00 bits per heavy atom. The number of rotatable bonds is 2. The number of benzene rings is 1. The van der Waals surface area contributed by atoms with Crippen LogP contribution in [0.5, 0.6) is 0 Å². The monoisotopic (exact) mass is 334 g/mol. The van der Waals surface area contributed by atoms with E-state index in [1.54, 1.807) is 31.1 Å². The summed E-state index contributed by atoms with van der Waals surface area (Å²) in [6, 6.07) is 7.34. The van der Waals surface area contributed by atoms with Gasteiger partial charge in [0.05, 0.1) is 0 Å². The van der Waals surface area contributed by atoms with Gasteiger partial charge in [-0.1, -0.05) is 22.8 Å². The molecule has 1 fully saturated rings. The van der Waals surface area contributed by atoms with Crippen molar-refractivity contribution in [2.24, 2.45) is 0 Å². The maximum atomic E-state index is 12.1. The van der Waals surface area contributed by atoms with Crippen LogP contribution < -0.4 is 0 Å². The van der Waals surface area contributed by atoms with E-state index < -0.39 is 0 Å². The van der Waals surface area contributed by atoms with Crippen molar-refractivity contribution >= 4 is 17.6 Å². The second-order valence-electron chi connectivity index (χ2n) is 5.93. The van der Waals surface area contributed by atoms with Crippen LogP contribution in [0.2, 0.25) is 5.02 Å². The Balaban J connectivity index is 1.76. The molecule has 122 valence electrons. The molecule has 0 N–H and O–H groups in total. The van der Waals surface area contributed by atoms with Crippen molar-refractivity contribution in [2.75, 3.05) is 27.2 Å². The van der Waals surface area contributed by atoms with Crippen molar-refractivity contribution in [1.82, 2.24) is 19.9 Å². The summed E-state index contributed by atoms with van der Waals surface area (Å²) in [5, 5.41) is 4.73. The van der Waals surface area contributed by atoms with Gasteiger partial charge in [0.15, 0.2) is 5.82 Å². The van der Waals surface area contributed by atoms with Crippen LogP contribution in [-0.4, -0.2) is 53.2 Å². The summed E-state index contributed by atoms with van der Waals surface area (Å²) in [7, 11) is 3.52. The fourth-order valence-corrected chi connectivity index (χ4v) is 2.97. The van der Waals surface area contributed by atoms with Crippen molar-refractivity contribution < 1.29 is 9.32 Å². The Bertz CT molecular complexity index is 701. The van der Waals surface area contributed by atoms with Gasteiger partial charge >= 0.3 is 6.03 Å². The molecule has 1 aromatic heterocycles. The highest BCUT2D eigenvalue weighted by molar-refractivity contribution is 6.30. The van der Waals surface area contributed by atoms with Gasteiger partial charge in [0.2, 0.25) is 0 Å². The number of urea groups is 1. The first-order chi connectivity index (χ1) is 11.0. The molecule has 3 rings (SSSR count). The molecule has 1 aliphatic heterocycles. The van der Waals surface area contributed by atoms with Crippen LogP contribution in [0.3, 0.4) is 0 Å². The lowest BCUT2D eigenvalue weighted by Gasteiger charge is -2.33. The predicted molar refractivity (Wildman–Crippen MR) is 87.4 cm³/mol. The number of likely N-dealkylation sites (tertiary alicyclic amines) is 1. The lowest BCUT2D eigenvalue weighted by molar-refractivity contribution is 0.153. The maximum Gasteiger partial charge on any atom is 0.319 e. The molecule has 0 saturated carbocycles. The van der Waals surface area contributed by atoms with E-state index in [2.05, 4.69) is 10.1 Å². The minimum atomic E-state index is 0.0215. The Morgan fingerprint density at radius 2 is 2.26 bits per heavy atom.